The van der Waals surface area contributed by atoms with Gasteiger partial charge in [0, 0.05) is 32.4 Å². The van der Waals surface area contributed by atoms with Crippen LogP contribution >= 0.6 is 0 Å². The monoisotopic (exact) mass is 463 g/mol. The lowest BCUT2D eigenvalue weighted by Gasteiger charge is -2.28. The second kappa shape index (κ2) is 10.1. The van der Waals surface area contributed by atoms with Crippen LogP contribution in [0.15, 0.2) is 35.6 Å². The van der Waals surface area contributed by atoms with E-state index in [2.05, 4.69) is 37.0 Å². The molecule has 4 rings (SSSR count). The second-order valence-electron chi connectivity index (χ2n) is 6.75. The quantitative estimate of drug-likeness (QED) is 0.554. The first-order valence-electron chi connectivity index (χ1n) is 9.77. The largest absolute Gasteiger partial charge is 0.490 e. The number of piperazine rings is 1. The molecule has 2 N–H and O–H groups in total. The van der Waals surface area contributed by atoms with Gasteiger partial charge >= 0.3 is 17.8 Å². The van der Waals surface area contributed by atoms with Crippen molar-refractivity contribution in [2.75, 3.05) is 31.1 Å². The van der Waals surface area contributed by atoms with Crippen LogP contribution in [0, 0.1) is 11.8 Å². The molecule has 0 spiro atoms. The van der Waals surface area contributed by atoms with Crippen LogP contribution in [0.1, 0.15) is 6.92 Å². The number of carbonyl (C=O) groups is 1. The molecule has 1 saturated heterocycles. The maximum absolute atomic E-state index is 13.2. The molecule has 0 atom stereocenters. The molecule has 0 radical (unpaired) electrons. The van der Waals surface area contributed by atoms with E-state index >= 15 is 0 Å². The smallest absolute Gasteiger partial charge is 0.475 e. The van der Waals surface area contributed by atoms with Crippen molar-refractivity contribution < 1.29 is 23.1 Å². The minimum Gasteiger partial charge on any atom is -0.475 e. The normalized spacial score (nSPS) is 13.6. The summed E-state index contributed by atoms with van der Waals surface area (Å²) < 4.78 is 35.0. The maximum Gasteiger partial charge on any atom is 0.490 e. The Labute approximate surface area is 185 Å². The number of rotatable bonds is 3. The van der Waals surface area contributed by atoms with Crippen LogP contribution in [0.5, 0.6) is 0 Å². The highest BCUT2D eigenvalue weighted by molar-refractivity contribution is 5.85. The van der Waals surface area contributed by atoms with Crippen LogP contribution in [0.3, 0.4) is 0 Å². The van der Waals surface area contributed by atoms with E-state index < -0.39 is 12.1 Å². The number of imidazole rings is 1. The minimum absolute atomic E-state index is 0.187. The lowest BCUT2D eigenvalue weighted by Crippen LogP contribution is -2.44. The summed E-state index contributed by atoms with van der Waals surface area (Å²) >= 11 is 0. The molecule has 0 bridgehead atoms. The van der Waals surface area contributed by atoms with Gasteiger partial charge < -0.3 is 15.3 Å². The van der Waals surface area contributed by atoms with Crippen molar-refractivity contribution in [3.8, 4) is 17.5 Å². The van der Waals surface area contributed by atoms with Gasteiger partial charge in [-0.3, -0.25) is 9.55 Å². The zero-order valence-corrected chi connectivity index (χ0v) is 17.5. The SMILES string of the molecule is CC#CCn1c(=O)n(-c2cccnc2)c2ncnc(N3CCNCC3)c21.O=C(O)C(F)(F)F. The fourth-order valence-electron chi connectivity index (χ4n) is 3.20. The van der Waals surface area contributed by atoms with Crippen LogP contribution in [0.4, 0.5) is 19.0 Å². The summed E-state index contributed by atoms with van der Waals surface area (Å²) in [5.41, 5.74) is 1.78. The zero-order chi connectivity index (χ0) is 24.0. The number of anilines is 1. The van der Waals surface area contributed by atoms with Gasteiger partial charge in [-0.05, 0) is 19.1 Å². The molecule has 0 amide bonds. The summed E-state index contributed by atoms with van der Waals surface area (Å²) in [4.78, 5) is 37.3. The van der Waals surface area contributed by atoms with Gasteiger partial charge in [0.1, 0.15) is 11.8 Å². The fourth-order valence-corrected chi connectivity index (χ4v) is 3.20. The Morgan fingerprint density at radius 3 is 2.55 bits per heavy atom. The maximum atomic E-state index is 13.2. The van der Waals surface area contributed by atoms with Gasteiger partial charge in [0.05, 0.1) is 18.4 Å². The first-order valence-corrected chi connectivity index (χ1v) is 9.77. The third kappa shape index (κ3) is 5.29. The van der Waals surface area contributed by atoms with Crippen LogP contribution < -0.4 is 15.9 Å². The average Bonchev–Trinajstić information content (AvgIpc) is 3.09. The summed E-state index contributed by atoms with van der Waals surface area (Å²) in [6.45, 7) is 5.49. The Hall–Kier alpha value is -3.92. The number of carboxylic acid groups (broad SMARTS) is 1. The number of pyridine rings is 1. The minimum atomic E-state index is -5.08. The number of hydrogen-bond acceptors (Lipinski definition) is 7. The lowest BCUT2D eigenvalue weighted by molar-refractivity contribution is -0.192. The van der Waals surface area contributed by atoms with Crippen LogP contribution in [0.2, 0.25) is 0 Å². The molecule has 10 nitrogen and oxygen atoms in total. The molecule has 0 aliphatic carbocycles. The molecule has 3 aromatic rings. The Balaban J connectivity index is 0.000000383. The Bertz CT molecular complexity index is 1240. The third-order valence-corrected chi connectivity index (χ3v) is 4.66. The van der Waals surface area contributed by atoms with Gasteiger partial charge in [0.15, 0.2) is 11.5 Å². The predicted octanol–water partition coefficient (Wildman–Crippen LogP) is 1.04. The number of fused-ring (bicyclic) bond motifs is 1. The lowest BCUT2D eigenvalue weighted by atomic mass is 10.3. The van der Waals surface area contributed by atoms with Crippen molar-refractivity contribution in [1.82, 2.24) is 29.4 Å². The summed E-state index contributed by atoms with van der Waals surface area (Å²) in [7, 11) is 0. The Kier molecular flexibility index (Phi) is 7.29. The van der Waals surface area contributed by atoms with Crippen molar-refractivity contribution in [3.05, 3.63) is 41.3 Å². The number of carboxylic acids is 1. The molecule has 0 unspecified atom stereocenters. The highest BCUT2D eigenvalue weighted by atomic mass is 19.4. The van der Waals surface area contributed by atoms with Gasteiger partial charge in [-0.25, -0.2) is 24.1 Å². The number of alkyl halides is 3. The molecular formula is C20H20F3N7O3. The van der Waals surface area contributed by atoms with Crippen molar-refractivity contribution in [3.63, 3.8) is 0 Å². The summed E-state index contributed by atoms with van der Waals surface area (Å²) in [5.74, 6) is 3.87. The molecule has 1 fully saturated rings. The van der Waals surface area contributed by atoms with E-state index in [0.717, 1.165) is 32.0 Å². The highest BCUT2D eigenvalue weighted by Gasteiger charge is 2.38. The van der Waals surface area contributed by atoms with Crippen LogP contribution in [-0.4, -0.2) is 67.5 Å². The van der Waals surface area contributed by atoms with Gasteiger partial charge in [0.2, 0.25) is 0 Å². The van der Waals surface area contributed by atoms with Crippen molar-refractivity contribution in [1.29, 1.82) is 0 Å². The van der Waals surface area contributed by atoms with E-state index in [-0.39, 0.29) is 5.69 Å². The van der Waals surface area contributed by atoms with Crippen molar-refractivity contribution in [2.24, 2.45) is 0 Å². The number of aliphatic carboxylic acids is 1. The topological polar surface area (TPSA) is 118 Å². The molecule has 174 valence electrons. The first kappa shape index (κ1) is 23.7. The molecule has 3 aromatic heterocycles. The van der Waals surface area contributed by atoms with E-state index in [9.17, 15) is 18.0 Å². The Morgan fingerprint density at radius 2 is 1.97 bits per heavy atom. The van der Waals surface area contributed by atoms with E-state index in [1.165, 1.54) is 6.33 Å². The third-order valence-electron chi connectivity index (χ3n) is 4.66. The average molecular weight is 463 g/mol. The second-order valence-corrected chi connectivity index (χ2v) is 6.75. The molecule has 0 saturated carbocycles. The number of nitrogens with one attached hydrogen (secondary N) is 1. The van der Waals surface area contributed by atoms with Crippen LogP contribution in [-0.2, 0) is 11.3 Å². The van der Waals surface area contributed by atoms with Gasteiger partial charge in [0.25, 0.3) is 0 Å². The molecule has 1 aliphatic heterocycles. The number of halogens is 3. The summed E-state index contributed by atoms with van der Waals surface area (Å²) in [6, 6.07) is 3.64. The molecule has 4 heterocycles. The molecule has 33 heavy (non-hydrogen) atoms. The van der Waals surface area contributed by atoms with Crippen molar-refractivity contribution in [2.45, 2.75) is 19.6 Å². The number of aromatic nitrogens is 5. The predicted molar refractivity (Wildman–Crippen MR) is 113 cm³/mol. The van der Waals surface area contributed by atoms with Crippen LogP contribution in [0.25, 0.3) is 16.9 Å². The summed E-state index contributed by atoms with van der Waals surface area (Å²) in [6.07, 6.45) is -0.234. The van der Waals surface area contributed by atoms with E-state index in [1.54, 1.807) is 34.5 Å². The van der Waals surface area contributed by atoms with E-state index in [4.69, 9.17) is 9.90 Å². The van der Waals surface area contributed by atoms with Gasteiger partial charge in [-0.1, -0.05) is 5.92 Å². The van der Waals surface area contributed by atoms with Crippen molar-refractivity contribution >= 4 is 23.0 Å². The molecule has 13 heteroatoms. The van der Waals surface area contributed by atoms with E-state index in [0.29, 0.717) is 23.4 Å². The Morgan fingerprint density at radius 1 is 1.27 bits per heavy atom. The molecule has 0 aromatic carbocycles. The van der Waals surface area contributed by atoms with Gasteiger partial charge in [-0.2, -0.15) is 13.2 Å². The number of nitrogens with zero attached hydrogens (tertiary/aromatic N) is 6. The number of hydrogen-bond donors (Lipinski definition) is 2. The van der Waals surface area contributed by atoms with E-state index in [1.807, 2.05) is 6.07 Å². The highest BCUT2D eigenvalue weighted by Crippen LogP contribution is 2.24. The zero-order valence-electron chi connectivity index (χ0n) is 17.5. The van der Waals surface area contributed by atoms with Gasteiger partial charge in [-0.15, -0.1) is 5.92 Å². The first-order chi connectivity index (χ1) is 15.8. The molecular weight excluding hydrogens is 443 g/mol. The summed E-state index contributed by atoms with van der Waals surface area (Å²) in [5, 5.41) is 10.5. The standard InChI is InChI=1S/C18H19N7O.C2HF3O2/c1-2-3-9-24-15-16(23-10-7-19-8-11-23)21-13-22-17(15)25(18(24)26)14-5-4-6-20-12-14;3-2(4,5)1(6)7/h4-6,12-13,19H,7-11H2,1H3;(H,6,7). The fraction of sp³-hybridized carbons (Fsp3) is 0.350. The molecule has 1 aliphatic rings.